The molecule has 1 aromatic heterocycles. The second-order valence-corrected chi connectivity index (χ2v) is 11.1. The first kappa shape index (κ1) is 23.9. The number of ketones is 1. The lowest BCUT2D eigenvalue weighted by atomic mass is 9.98. The molecule has 0 amide bonds. The summed E-state index contributed by atoms with van der Waals surface area (Å²) in [6, 6.07) is 50.3. The number of carbonyl (C=O) groups excluding carboxylic acids is 1. The number of imidazole rings is 1. The summed E-state index contributed by atoms with van der Waals surface area (Å²) in [5, 5.41) is 4.75. The van der Waals surface area contributed by atoms with Crippen LogP contribution < -0.4 is 0 Å². The Kier molecular flexibility index (Phi) is 5.05. The normalized spacial score (nSPS) is 12.2. The highest BCUT2D eigenvalue weighted by Gasteiger charge is 2.26. The topological polar surface area (TPSA) is 34.9 Å². The molecular formula is C40H24N2O. The minimum absolute atomic E-state index is 0.0973. The number of para-hydroxylation sites is 1. The third-order valence-corrected chi connectivity index (χ3v) is 8.75. The van der Waals surface area contributed by atoms with Gasteiger partial charge in [-0.2, -0.15) is 0 Å². The van der Waals surface area contributed by atoms with Gasteiger partial charge in [-0.25, -0.2) is 4.98 Å². The molecule has 7 aromatic carbocycles. The third kappa shape index (κ3) is 3.49. The Balaban J connectivity index is 1.23. The van der Waals surface area contributed by atoms with Gasteiger partial charge in [-0.15, -0.1) is 0 Å². The molecule has 1 aliphatic carbocycles. The predicted molar refractivity (Wildman–Crippen MR) is 176 cm³/mol. The predicted octanol–water partition coefficient (Wildman–Crippen LogP) is 9.88. The fourth-order valence-corrected chi connectivity index (χ4v) is 6.75. The maximum absolute atomic E-state index is 13.1. The Morgan fingerprint density at radius 2 is 1.00 bits per heavy atom. The van der Waals surface area contributed by atoms with Crippen LogP contribution in [0.1, 0.15) is 15.9 Å². The standard InChI is InChI=1S/C40H24N2O/c43-39-35-17-9-6-14-31(35)32-23-22-27(24-36(32)39)25-18-20-26(21-19-25)40-41-37-33-15-7-4-12-29(33)30-13-5-8-16-34(30)38(37)42(40)28-10-2-1-3-11-28/h1-24H. The van der Waals surface area contributed by atoms with E-state index >= 15 is 0 Å². The quantitative estimate of drug-likeness (QED) is 0.206. The van der Waals surface area contributed by atoms with Gasteiger partial charge in [0.25, 0.3) is 0 Å². The highest BCUT2D eigenvalue weighted by atomic mass is 16.1. The van der Waals surface area contributed by atoms with Crippen molar-refractivity contribution in [2.24, 2.45) is 0 Å². The monoisotopic (exact) mass is 548 g/mol. The Hall–Kier alpha value is -5.80. The molecule has 0 unspecified atom stereocenters. The van der Waals surface area contributed by atoms with Gasteiger partial charge >= 0.3 is 0 Å². The summed E-state index contributed by atoms with van der Waals surface area (Å²) in [5.41, 5.74) is 9.88. The van der Waals surface area contributed by atoms with Crippen LogP contribution in [0.5, 0.6) is 0 Å². The molecule has 0 saturated heterocycles. The highest BCUT2D eigenvalue weighted by molar-refractivity contribution is 6.24. The zero-order valence-electron chi connectivity index (χ0n) is 23.2. The molecule has 9 rings (SSSR count). The Bertz CT molecular complexity index is 2400. The van der Waals surface area contributed by atoms with Crippen molar-refractivity contribution >= 4 is 38.4 Å². The summed E-state index contributed by atoms with van der Waals surface area (Å²) in [7, 11) is 0. The number of aromatic nitrogens is 2. The number of hydrogen-bond donors (Lipinski definition) is 0. The zero-order valence-corrected chi connectivity index (χ0v) is 23.2. The third-order valence-electron chi connectivity index (χ3n) is 8.75. The molecule has 0 N–H and O–H groups in total. The van der Waals surface area contributed by atoms with Crippen molar-refractivity contribution in [3.05, 3.63) is 157 Å². The van der Waals surface area contributed by atoms with E-state index in [9.17, 15) is 4.79 Å². The second kappa shape index (κ2) is 9.10. The van der Waals surface area contributed by atoms with E-state index in [-0.39, 0.29) is 5.78 Å². The van der Waals surface area contributed by atoms with Crippen LogP contribution in [-0.2, 0) is 0 Å². The molecule has 0 spiro atoms. The van der Waals surface area contributed by atoms with Crippen LogP contribution in [-0.4, -0.2) is 15.3 Å². The van der Waals surface area contributed by atoms with Crippen molar-refractivity contribution in [2.45, 2.75) is 0 Å². The van der Waals surface area contributed by atoms with E-state index in [1.54, 1.807) is 0 Å². The number of rotatable bonds is 3. The molecule has 3 nitrogen and oxygen atoms in total. The van der Waals surface area contributed by atoms with Gasteiger partial charge in [-0.3, -0.25) is 9.36 Å². The average molecular weight is 549 g/mol. The Labute approximate surface area is 248 Å². The average Bonchev–Trinajstić information content (AvgIpc) is 3.62. The molecule has 200 valence electrons. The van der Waals surface area contributed by atoms with E-state index in [2.05, 4.69) is 114 Å². The summed E-state index contributed by atoms with van der Waals surface area (Å²) in [4.78, 5) is 18.5. The fourth-order valence-electron chi connectivity index (χ4n) is 6.75. The zero-order chi connectivity index (χ0) is 28.5. The number of hydrogen-bond acceptors (Lipinski definition) is 2. The second-order valence-electron chi connectivity index (χ2n) is 11.1. The molecule has 0 bridgehead atoms. The van der Waals surface area contributed by atoms with Crippen molar-refractivity contribution in [3.8, 4) is 39.3 Å². The minimum atomic E-state index is 0.0973. The SMILES string of the molecule is O=C1c2ccccc2-c2ccc(-c3ccc(-c4nc5c6ccccc6c6ccccc6c5n4-c4ccccc4)cc3)cc21. The lowest BCUT2D eigenvalue weighted by Gasteiger charge is -2.13. The van der Waals surface area contributed by atoms with Crippen LogP contribution in [0.15, 0.2) is 146 Å². The number of carbonyl (C=O) groups is 1. The van der Waals surface area contributed by atoms with Crippen molar-refractivity contribution < 1.29 is 4.79 Å². The molecule has 0 radical (unpaired) electrons. The highest BCUT2D eigenvalue weighted by Crippen LogP contribution is 2.41. The van der Waals surface area contributed by atoms with E-state index in [0.717, 1.165) is 66.9 Å². The number of nitrogens with zero attached hydrogens (tertiary/aromatic N) is 2. The van der Waals surface area contributed by atoms with E-state index in [4.69, 9.17) is 4.98 Å². The lowest BCUT2D eigenvalue weighted by molar-refractivity contribution is 0.104. The molecule has 0 fully saturated rings. The Morgan fingerprint density at radius 1 is 0.442 bits per heavy atom. The summed E-state index contributed by atoms with van der Waals surface area (Å²) < 4.78 is 2.30. The molecule has 8 aromatic rings. The maximum atomic E-state index is 13.1. The summed E-state index contributed by atoms with van der Waals surface area (Å²) >= 11 is 0. The molecule has 0 saturated carbocycles. The van der Waals surface area contributed by atoms with Gasteiger partial charge in [0.15, 0.2) is 5.78 Å². The van der Waals surface area contributed by atoms with Gasteiger partial charge in [0.05, 0.1) is 11.0 Å². The van der Waals surface area contributed by atoms with Crippen LogP contribution >= 0.6 is 0 Å². The summed E-state index contributed by atoms with van der Waals surface area (Å²) in [5.74, 6) is 0.994. The van der Waals surface area contributed by atoms with Gasteiger partial charge in [-0.1, -0.05) is 127 Å². The van der Waals surface area contributed by atoms with Crippen LogP contribution in [0, 0.1) is 0 Å². The smallest absolute Gasteiger partial charge is 0.194 e. The largest absolute Gasteiger partial charge is 0.292 e. The summed E-state index contributed by atoms with van der Waals surface area (Å²) in [6.07, 6.45) is 0. The molecule has 1 heterocycles. The van der Waals surface area contributed by atoms with Crippen molar-refractivity contribution in [1.82, 2.24) is 9.55 Å². The first-order valence-electron chi connectivity index (χ1n) is 14.5. The first-order valence-corrected chi connectivity index (χ1v) is 14.5. The molecule has 3 heteroatoms. The Morgan fingerprint density at radius 3 is 1.77 bits per heavy atom. The van der Waals surface area contributed by atoms with E-state index in [1.165, 1.54) is 16.2 Å². The molecule has 0 atom stereocenters. The molecule has 1 aliphatic rings. The maximum Gasteiger partial charge on any atom is 0.194 e. The van der Waals surface area contributed by atoms with Gasteiger partial charge < -0.3 is 0 Å². The fraction of sp³-hybridized carbons (Fsp3) is 0. The van der Waals surface area contributed by atoms with Gasteiger partial charge in [0.2, 0.25) is 0 Å². The van der Waals surface area contributed by atoms with Crippen molar-refractivity contribution in [1.29, 1.82) is 0 Å². The van der Waals surface area contributed by atoms with Crippen LogP contribution in [0.25, 0.3) is 71.9 Å². The lowest BCUT2D eigenvalue weighted by Crippen LogP contribution is -1.98. The molecule has 0 aliphatic heterocycles. The van der Waals surface area contributed by atoms with Crippen molar-refractivity contribution in [2.75, 3.05) is 0 Å². The van der Waals surface area contributed by atoms with Crippen molar-refractivity contribution in [3.63, 3.8) is 0 Å². The van der Waals surface area contributed by atoms with Gasteiger partial charge in [0, 0.05) is 33.2 Å². The molecule has 43 heavy (non-hydrogen) atoms. The first-order chi connectivity index (χ1) is 21.3. The van der Waals surface area contributed by atoms with Gasteiger partial charge in [-0.05, 0) is 51.2 Å². The van der Waals surface area contributed by atoms with Gasteiger partial charge in [0.1, 0.15) is 5.82 Å². The molecular weight excluding hydrogens is 524 g/mol. The van der Waals surface area contributed by atoms with E-state index < -0.39 is 0 Å². The van der Waals surface area contributed by atoms with E-state index in [0.29, 0.717) is 0 Å². The van der Waals surface area contributed by atoms with Crippen LogP contribution in [0.3, 0.4) is 0 Å². The summed E-state index contributed by atoms with van der Waals surface area (Å²) in [6.45, 7) is 0. The van der Waals surface area contributed by atoms with E-state index in [1.807, 2.05) is 36.4 Å². The number of fused-ring (bicyclic) bond motifs is 9. The van der Waals surface area contributed by atoms with Crippen LogP contribution in [0.4, 0.5) is 0 Å². The number of benzene rings is 7. The minimum Gasteiger partial charge on any atom is -0.292 e. The van der Waals surface area contributed by atoms with Crippen LogP contribution in [0.2, 0.25) is 0 Å².